The Balaban J connectivity index is 1.77. The summed E-state index contributed by atoms with van der Waals surface area (Å²) in [5.74, 6) is -0.0397. The molecule has 5 heteroatoms. The van der Waals surface area contributed by atoms with Gasteiger partial charge in [-0.15, -0.1) is 0 Å². The number of aromatic nitrogens is 2. The number of nitrogens with two attached hydrogens (primary N) is 1. The fraction of sp³-hybridized carbons (Fsp3) is 0.389. The third-order valence-corrected chi connectivity index (χ3v) is 4.47. The third kappa shape index (κ3) is 3.33. The molecule has 0 fully saturated rings. The Morgan fingerprint density at radius 1 is 1.17 bits per heavy atom. The lowest BCUT2D eigenvalue weighted by Crippen LogP contribution is -2.37. The number of nitrogens with one attached hydrogen (secondary N) is 1. The maximum atomic E-state index is 12.5. The molecule has 1 unspecified atom stereocenters. The molecule has 0 spiro atoms. The zero-order valence-corrected chi connectivity index (χ0v) is 13.6. The second kappa shape index (κ2) is 6.36. The lowest BCUT2D eigenvalue weighted by Gasteiger charge is -2.17. The highest BCUT2D eigenvalue weighted by Crippen LogP contribution is 2.21. The number of hydrogen-bond acceptors (Lipinski definition) is 4. The highest BCUT2D eigenvalue weighted by atomic mass is 16.2. The molecular weight excluding hydrogens is 288 g/mol. The van der Waals surface area contributed by atoms with E-state index in [2.05, 4.69) is 39.6 Å². The van der Waals surface area contributed by atoms with Crippen molar-refractivity contribution in [1.29, 1.82) is 0 Å². The van der Waals surface area contributed by atoms with Gasteiger partial charge in [-0.05, 0) is 50.7 Å². The zero-order chi connectivity index (χ0) is 16.4. The van der Waals surface area contributed by atoms with E-state index in [0.717, 1.165) is 37.1 Å². The van der Waals surface area contributed by atoms with E-state index >= 15 is 0 Å². The third-order valence-electron chi connectivity index (χ3n) is 4.47. The molecule has 0 aliphatic heterocycles. The van der Waals surface area contributed by atoms with Crippen LogP contribution in [0.2, 0.25) is 0 Å². The molecule has 1 aromatic heterocycles. The van der Waals surface area contributed by atoms with Gasteiger partial charge in [-0.2, -0.15) is 0 Å². The Kier molecular flexibility index (Phi) is 4.28. The summed E-state index contributed by atoms with van der Waals surface area (Å²) in [6, 6.07) is 8.55. The Bertz CT molecular complexity index is 742. The van der Waals surface area contributed by atoms with Gasteiger partial charge in [0.2, 0.25) is 0 Å². The lowest BCUT2D eigenvalue weighted by atomic mass is 10.0. The number of nitrogen functional groups attached to an aromatic ring is 1. The number of fused-ring (bicyclic) bond motifs is 1. The van der Waals surface area contributed by atoms with Gasteiger partial charge in [0.1, 0.15) is 0 Å². The van der Waals surface area contributed by atoms with Crippen molar-refractivity contribution < 1.29 is 4.79 Å². The first-order chi connectivity index (χ1) is 11.0. The number of carbonyl (C=O) groups is 1. The summed E-state index contributed by atoms with van der Waals surface area (Å²) in [4.78, 5) is 21.0. The van der Waals surface area contributed by atoms with Crippen molar-refractivity contribution in [3.8, 4) is 0 Å². The minimum atomic E-state index is -0.234. The van der Waals surface area contributed by atoms with Gasteiger partial charge in [0.05, 0.1) is 11.4 Å². The van der Waals surface area contributed by atoms with Crippen LogP contribution in [0.4, 0.5) is 5.82 Å². The number of nitrogens with zero attached hydrogens (tertiary/aromatic N) is 2. The standard InChI is InChI=1S/C18H22N4O/c1-11-12(2)21-17(19)16(20-11)18(23)22-15-9-5-8-13-6-3-4-7-14(13)10-15/h3-4,6-7,15H,5,8-10H2,1-2H3,(H2,19,21)(H,22,23). The van der Waals surface area contributed by atoms with Crippen molar-refractivity contribution in [2.45, 2.75) is 45.6 Å². The molecule has 1 aromatic carbocycles. The smallest absolute Gasteiger partial charge is 0.273 e. The fourth-order valence-corrected chi connectivity index (χ4v) is 3.07. The van der Waals surface area contributed by atoms with E-state index in [1.807, 2.05) is 13.8 Å². The van der Waals surface area contributed by atoms with Gasteiger partial charge in [-0.25, -0.2) is 9.97 Å². The molecule has 120 valence electrons. The van der Waals surface area contributed by atoms with Crippen molar-refractivity contribution in [2.24, 2.45) is 0 Å². The van der Waals surface area contributed by atoms with E-state index in [0.29, 0.717) is 0 Å². The van der Waals surface area contributed by atoms with E-state index in [9.17, 15) is 4.79 Å². The second-order valence-electron chi connectivity index (χ2n) is 6.16. The average Bonchev–Trinajstić information content (AvgIpc) is 2.72. The number of rotatable bonds is 2. The average molecular weight is 310 g/mol. The van der Waals surface area contributed by atoms with Crippen LogP contribution in [0, 0.1) is 13.8 Å². The highest BCUT2D eigenvalue weighted by Gasteiger charge is 2.21. The first-order valence-electron chi connectivity index (χ1n) is 8.03. The van der Waals surface area contributed by atoms with Gasteiger partial charge in [-0.1, -0.05) is 24.3 Å². The van der Waals surface area contributed by atoms with Crippen LogP contribution in [-0.4, -0.2) is 21.9 Å². The lowest BCUT2D eigenvalue weighted by molar-refractivity contribution is 0.0930. The molecule has 1 aliphatic rings. The molecule has 3 N–H and O–H groups in total. The van der Waals surface area contributed by atoms with Gasteiger partial charge in [0.25, 0.3) is 5.91 Å². The molecular formula is C18H22N4O. The first-order valence-corrected chi connectivity index (χ1v) is 8.03. The van der Waals surface area contributed by atoms with Crippen molar-refractivity contribution in [3.05, 3.63) is 52.5 Å². The summed E-state index contributed by atoms with van der Waals surface area (Å²) >= 11 is 0. The van der Waals surface area contributed by atoms with Gasteiger partial charge >= 0.3 is 0 Å². The Morgan fingerprint density at radius 2 is 1.87 bits per heavy atom. The highest BCUT2D eigenvalue weighted by molar-refractivity contribution is 5.96. The maximum absolute atomic E-state index is 12.5. The molecule has 0 radical (unpaired) electrons. The molecule has 1 amide bonds. The number of amides is 1. The monoisotopic (exact) mass is 310 g/mol. The Hall–Kier alpha value is -2.43. The molecule has 3 rings (SSSR count). The summed E-state index contributed by atoms with van der Waals surface area (Å²) in [5.41, 5.74) is 10.3. The number of benzene rings is 1. The van der Waals surface area contributed by atoms with E-state index < -0.39 is 0 Å². The molecule has 0 bridgehead atoms. The van der Waals surface area contributed by atoms with Crippen LogP contribution >= 0.6 is 0 Å². The molecule has 1 atom stereocenters. The summed E-state index contributed by atoms with van der Waals surface area (Å²) in [7, 11) is 0. The summed E-state index contributed by atoms with van der Waals surface area (Å²) in [6.07, 6.45) is 3.93. The predicted molar refractivity (Wildman–Crippen MR) is 90.3 cm³/mol. The number of anilines is 1. The maximum Gasteiger partial charge on any atom is 0.273 e. The second-order valence-corrected chi connectivity index (χ2v) is 6.16. The minimum Gasteiger partial charge on any atom is -0.382 e. The minimum absolute atomic E-state index is 0.106. The van der Waals surface area contributed by atoms with Crippen LogP contribution in [-0.2, 0) is 12.8 Å². The zero-order valence-electron chi connectivity index (χ0n) is 13.6. The van der Waals surface area contributed by atoms with E-state index in [4.69, 9.17) is 5.73 Å². The van der Waals surface area contributed by atoms with Crippen LogP contribution < -0.4 is 11.1 Å². The van der Waals surface area contributed by atoms with Crippen LogP contribution in [0.1, 0.15) is 45.8 Å². The topological polar surface area (TPSA) is 80.9 Å². The van der Waals surface area contributed by atoms with E-state index in [-0.39, 0.29) is 23.5 Å². The van der Waals surface area contributed by atoms with Gasteiger partial charge in [-0.3, -0.25) is 4.79 Å². The Labute approximate surface area is 136 Å². The normalized spacial score (nSPS) is 17.2. The van der Waals surface area contributed by atoms with Crippen molar-refractivity contribution in [2.75, 3.05) is 5.73 Å². The fourth-order valence-electron chi connectivity index (χ4n) is 3.07. The quantitative estimate of drug-likeness (QED) is 0.834. The van der Waals surface area contributed by atoms with Crippen LogP contribution in [0.5, 0.6) is 0 Å². The van der Waals surface area contributed by atoms with Crippen molar-refractivity contribution in [1.82, 2.24) is 15.3 Å². The largest absolute Gasteiger partial charge is 0.382 e. The molecule has 2 aromatic rings. The Morgan fingerprint density at radius 3 is 2.65 bits per heavy atom. The van der Waals surface area contributed by atoms with E-state index in [1.54, 1.807) is 0 Å². The number of aryl methyl sites for hydroxylation is 3. The van der Waals surface area contributed by atoms with Crippen molar-refractivity contribution >= 4 is 11.7 Å². The van der Waals surface area contributed by atoms with Crippen LogP contribution in [0.25, 0.3) is 0 Å². The van der Waals surface area contributed by atoms with Crippen LogP contribution in [0.15, 0.2) is 24.3 Å². The SMILES string of the molecule is Cc1nc(N)c(C(=O)NC2CCCc3ccccc3C2)nc1C. The molecule has 0 saturated heterocycles. The van der Waals surface area contributed by atoms with Crippen LogP contribution in [0.3, 0.4) is 0 Å². The number of hydrogen-bond donors (Lipinski definition) is 2. The predicted octanol–water partition coefficient (Wildman–Crippen LogP) is 2.35. The molecule has 5 nitrogen and oxygen atoms in total. The first kappa shape index (κ1) is 15.5. The summed E-state index contributed by atoms with van der Waals surface area (Å²) in [5, 5.41) is 3.08. The molecule has 23 heavy (non-hydrogen) atoms. The molecule has 1 heterocycles. The van der Waals surface area contributed by atoms with Gasteiger partial charge < -0.3 is 11.1 Å². The molecule has 1 aliphatic carbocycles. The van der Waals surface area contributed by atoms with Gasteiger partial charge in [0.15, 0.2) is 11.5 Å². The van der Waals surface area contributed by atoms with Gasteiger partial charge in [0, 0.05) is 6.04 Å². The van der Waals surface area contributed by atoms with E-state index in [1.165, 1.54) is 11.1 Å². The summed E-state index contributed by atoms with van der Waals surface area (Å²) in [6.45, 7) is 3.67. The summed E-state index contributed by atoms with van der Waals surface area (Å²) < 4.78 is 0. The van der Waals surface area contributed by atoms with Crippen molar-refractivity contribution in [3.63, 3.8) is 0 Å². The molecule has 0 saturated carbocycles. The number of carbonyl (C=O) groups excluding carboxylic acids is 1.